The molecule has 0 heterocycles. The Balaban J connectivity index is 2.10. The molecule has 1 unspecified atom stereocenters. The summed E-state index contributed by atoms with van der Waals surface area (Å²) in [5.74, 6) is 0.455. The van der Waals surface area contributed by atoms with Gasteiger partial charge in [0.05, 0.1) is 0 Å². The van der Waals surface area contributed by atoms with Crippen molar-refractivity contribution < 1.29 is 0 Å². The fourth-order valence-electron chi connectivity index (χ4n) is 2.04. The number of rotatable bonds is 4. The molecule has 18 heavy (non-hydrogen) atoms. The molecule has 0 aliphatic carbocycles. The van der Waals surface area contributed by atoms with Crippen LogP contribution in [0.1, 0.15) is 36.5 Å². The molecular weight excluding hydrogens is 216 g/mol. The summed E-state index contributed by atoms with van der Waals surface area (Å²) < 4.78 is 0. The van der Waals surface area contributed by atoms with Crippen molar-refractivity contribution in [1.29, 1.82) is 0 Å². The van der Waals surface area contributed by atoms with E-state index in [4.69, 9.17) is 0 Å². The lowest BCUT2D eigenvalue weighted by molar-refractivity contribution is 0.973. The lowest BCUT2D eigenvalue weighted by Gasteiger charge is -2.06. The van der Waals surface area contributed by atoms with Crippen LogP contribution in [-0.4, -0.2) is 0 Å². The number of allylic oxidation sites excluding steroid dienone is 1. The Hall–Kier alpha value is -1.82. The molecule has 0 nitrogen and oxygen atoms in total. The van der Waals surface area contributed by atoms with Crippen molar-refractivity contribution in [3.8, 4) is 0 Å². The summed E-state index contributed by atoms with van der Waals surface area (Å²) in [4.78, 5) is 0. The van der Waals surface area contributed by atoms with Crippen molar-refractivity contribution in [1.82, 2.24) is 0 Å². The van der Waals surface area contributed by atoms with Crippen LogP contribution < -0.4 is 0 Å². The first-order valence-corrected chi connectivity index (χ1v) is 6.61. The Labute approximate surface area is 110 Å². The van der Waals surface area contributed by atoms with Crippen LogP contribution in [0.25, 0.3) is 6.08 Å². The van der Waals surface area contributed by atoms with E-state index in [1.165, 1.54) is 16.7 Å². The van der Waals surface area contributed by atoms with Gasteiger partial charge in [-0.2, -0.15) is 0 Å². The molecule has 1 atom stereocenters. The maximum atomic E-state index is 2.27. The SMILES string of the molecule is CCc1cccc(C=CC(C)c2ccccc2)c1. The summed E-state index contributed by atoms with van der Waals surface area (Å²) in [6.07, 6.45) is 5.58. The molecule has 92 valence electrons. The van der Waals surface area contributed by atoms with E-state index in [0.717, 1.165) is 6.42 Å². The Morgan fingerprint density at radius 2 is 1.78 bits per heavy atom. The van der Waals surface area contributed by atoms with Gasteiger partial charge in [-0.05, 0) is 29.0 Å². The Morgan fingerprint density at radius 3 is 2.50 bits per heavy atom. The summed E-state index contributed by atoms with van der Waals surface area (Å²) in [5.41, 5.74) is 4.04. The molecule has 2 aromatic rings. The maximum absolute atomic E-state index is 2.27. The molecule has 0 radical (unpaired) electrons. The van der Waals surface area contributed by atoms with Gasteiger partial charge in [0.15, 0.2) is 0 Å². The summed E-state index contributed by atoms with van der Waals surface area (Å²) in [6.45, 7) is 4.42. The van der Waals surface area contributed by atoms with Crippen LogP contribution in [0.5, 0.6) is 0 Å². The molecule has 0 aliphatic heterocycles. The summed E-state index contributed by atoms with van der Waals surface area (Å²) >= 11 is 0. The number of hydrogen-bond acceptors (Lipinski definition) is 0. The first kappa shape index (κ1) is 12.6. The molecule has 0 heteroatoms. The molecule has 0 aromatic heterocycles. The molecular formula is C18H20. The van der Waals surface area contributed by atoms with E-state index >= 15 is 0 Å². The summed E-state index contributed by atoms with van der Waals surface area (Å²) in [5, 5.41) is 0. The van der Waals surface area contributed by atoms with Gasteiger partial charge in [-0.25, -0.2) is 0 Å². The van der Waals surface area contributed by atoms with Crippen molar-refractivity contribution in [2.45, 2.75) is 26.2 Å². The van der Waals surface area contributed by atoms with Crippen LogP contribution in [0, 0.1) is 0 Å². The standard InChI is InChI=1S/C18H20/c1-3-16-8-7-9-17(14-16)13-12-15(2)18-10-5-4-6-11-18/h4-15H,3H2,1-2H3. The van der Waals surface area contributed by atoms with Gasteiger partial charge in [0.2, 0.25) is 0 Å². The van der Waals surface area contributed by atoms with Gasteiger partial charge in [0.1, 0.15) is 0 Å². The predicted molar refractivity (Wildman–Crippen MR) is 79.7 cm³/mol. The minimum atomic E-state index is 0.455. The van der Waals surface area contributed by atoms with Crippen molar-refractivity contribution >= 4 is 6.08 Å². The van der Waals surface area contributed by atoms with Crippen LogP contribution >= 0.6 is 0 Å². The van der Waals surface area contributed by atoms with Gasteiger partial charge >= 0.3 is 0 Å². The zero-order chi connectivity index (χ0) is 12.8. The van der Waals surface area contributed by atoms with Gasteiger partial charge in [-0.3, -0.25) is 0 Å². The highest BCUT2D eigenvalue weighted by Crippen LogP contribution is 2.18. The van der Waals surface area contributed by atoms with Crippen LogP contribution in [0.15, 0.2) is 60.7 Å². The quantitative estimate of drug-likeness (QED) is 0.695. The third kappa shape index (κ3) is 3.33. The van der Waals surface area contributed by atoms with E-state index in [0.29, 0.717) is 5.92 Å². The van der Waals surface area contributed by atoms with Gasteiger partial charge in [-0.15, -0.1) is 0 Å². The topological polar surface area (TPSA) is 0 Å². The molecule has 0 spiro atoms. The van der Waals surface area contributed by atoms with Gasteiger partial charge in [0, 0.05) is 0 Å². The average molecular weight is 236 g/mol. The lowest BCUT2D eigenvalue weighted by Crippen LogP contribution is -1.88. The number of benzene rings is 2. The minimum Gasteiger partial charge on any atom is -0.0767 e. The van der Waals surface area contributed by atoms with Gasteiger partial charge in [-0.1, -0.05) is 80.6 Å². The molecule has 0 amide bonds. The summed E-state index contributed by atoms with van der Waals surface area (Å²) in [6, 6.07) is 19.3. The van der Waals surface area contributed by atoms with Crippen LogP contribution in [-0.2, 0) is 6.42 Å². The second-order valence-electron chi connectivity index (χ2n) is 4.66. The first-order valence-electron chi connectivity index (χ1n) is 6.61. The lowest BCUT2D eigenvalue weighted by atomic mass is 9.99. The van der Waals surface area contributed by atoms with Crippen LogP contribution in [0.3, 0.4) is 0 Å². The molecule has 0 bridgehead atoms. The molecule has 0 aliphatic rings. The molecule has 0 saturated carbocycles. The highest BCUT2D eigenvalue weighted by Gasteiger charge is 1.99. The fraction of sp³-hybridized carbons (Fsp3) is 0.222. The largest absolute Gasteiger partial charge is 0.0767 e. The third-order valence-corrected chi connectivity index (χ3v) is 3.26. The zero-order valence-corrected chi connectivity index (χ0v) is 11.1. The Bertz CT molecular complexity index is 509. The van der Waals surface area contributed by atoms with E-state index in [9.17, 15) is 0 Å². The molecule has 0 saturated heterocycles. The minimum absolute atomic E-state index is 0.455. The normalized spacial score (nSPS) is 12.8. The average Bonchev–Trinajstić information content (AvgIpc) is 2.46. The Morgan fingerprint density at radius 1 is 1.00 bits per heavy atom. The van der Waals surface area contributed by atoms with E-state index in [1.807, 2.05) is 0 Å². The molecule has 2 rings (SSSR count). The van der Waals surface area contributed by atoms with E-state index in [1.54, 1.807) is 0 Å². The maximum Gasteiger partial charge on any atom is -0.000711 e. The zero-order valence-electron chi connectivity index (χ0n) is 11.1. The number of aryl methyl sites for hydroxylation is 1. The third-order valence-electron chi connectivity index (χ3n) is 3.26. The van der Waals surface area contributed by atoms with Crippen molar-refractivity contribution in [3.63, 3.8) is 0 Å². The molecule has 0 N–H and O–H groups in total. The van der Waals surface area contributed by atoms with Gasteiger partial charge < -0.3 is 0 Å². The highest BCUT2D eigenvalue weighted by molar-refractivity contribution is 5.51. The molecule has 0 fully saturated rings. The van der Waals surface area contributed by atoms with Crippen molar-refractivity contribution in [2.75, 3.05) is 0 Å². The van der Waals surface area contributed by atoms with Crippen LogP contribution in [0.4, 0.5) is 0 Å². The van der Waals surface area contributed by atoms with Crippen molar-refractivity contribution in [3.05, 3.63) is 77.4 Å². The van der Waals surface area contributed by atoms with Crippen LogP contribution in [0.2, 0.25) is 0 Å². The van der Waals surface area contributed by atoms with E-state index < -0.39 is 0 Å². The second-order valence-corrected chi connectivity index (χ2v) is 4.66. The highest BCUT2D eigenvalue weighted by atomic mass is 14.0. The second kappa shape index (κ2) is 6.20. The monoisotopic (exact) mass is 236 g/mol. The van der Waals surface area contributed by atoms with E-state index in [2.05, 4.69) is 80.6 Å². The predicted octanol–water partition coefficient (Wildman–Crippen LogP) is 5.07. The first-order chi connectivity index (χ1) is 8.79. The smallest absolute Gasteiger partial charge is 0.000711 e. The Kier molecular flexibility index (Phi) is 4.35. The number of hydrogen-bond donors (Lipinski definition) is 0. The summed E-state index contributed by atoms with van der Waals surface area (Å²) in [7, 11) is 0. The molecule has 2 aromatic carbocycles. The van der Waals surface area contributed by atoms with Crippen molar-refractivity contribution in [2.24, 2.45) is 0 Å². The fourth-order valence-corrected chi connectivity index (χ4v) is 2.04. The van der Waals surface area contributed by atoms with Gasteiger partial charge in [0.25, 0.3) is 0 Å². The van der Waals surface area contributed by atoms with E-state index in [-0.39, 0.29) is 0 Å².